The van der Waals surface area contributed by atoms with Crippen LogP contribution in [0.4, 0.5) is 4.79 Å². The van der Waals surface area contributed by atoms with Gasteiger partial charge in [-0.25, -0.2) is 4.79 Å². The first-order valence-corrected chi connectivity index (χ1v) is 7.76. The molecule has 0 radical (unpaired) electrons. The Bertz CT molecular complexity index is 436. The summed E-state index contributed by atoms with van der Waals surface area (Å²) in [5, 5.41) is 2.87. The lowest BCUT2D eigenvalue weighted by Crippen LogP contribution is -2.45. The Kier molecular flexibility index (Phi) is 7.30. The molecule has 0 bridgehead atoms. The molecular formula is C15H20BrNO3. The molecule has 4 nitrogen and oxygen atoms in total. The quantitative estimate of drug-likeness (QED) is 0.774. The van der Waals surface area contributed by atoms with Gasteiger partial charge in [0.25, 0.3) is 0 Å². The Labute approximate surface area is 128 Å². The molecule has 0 spiro atoms. The Balaban J connectivity index is 2.51. The van der Waals surface area contributed by atoms with E-state index in [9.17, 15) is 9.59 Å². The minimum atomic E-state index is -0.562. The molecule has 1 aromatic carbocycles. The van der Waals surface area contributed by atoms with E-state index >= 15 is 0 Å². The fourth-order valence-electron chi connectivity index (χ4n) is 1.75. The molecule has 0 aromatic heterocycles. The SMILES string of the molecule is CCC(C)C(NC(=O)OCc1ccccc1)C(=O)CBr. The van der Waals surface area contributed by atoms with Gasteiger partial charge in [-0.3, -0.25) is 4.79 Å². The van der Waals surface area contributed by atoms with Crippen LogP contribution in [-0.2, 0) is 16.1 Å². The minimum absolute atomic E-state index is 0.0454. The van der Waals surface area contributed by atoms with E-state index < -0.39 is 12.1 Å². The van der Waals surface area contributed by atoms with Gasteiger partial charge in [0.2, 0.25) is 0 Å². The Morgan fingerprint density at radius 1 is 1.30 bits per heavy atom. The summed E-state index contributed by atoms with van der Waals surface area (Å²) in [5.74, 6) is 0.0281. The third-order valence-corrected chi connectivity index (χ3v) is 3.73. The second-order valence-electron chi connectivity index (χ2n) is 4.67. The monoisotopic (exact) mass is 341 g/mol. The smallest absolute Gasteiger partial charge is 0.408 e. The number of carbonyl (C=O) groups excluding carboxylic acids is 2. The lowest BCUT2D eigenvalue weighted by Gasteiger charge is -2.22. The lowest BCUT2D eigenvalue weighted by atomic mass is 9.96. The number of rotatable bonds is 7. The van der Waals surface area contributed by atoms with Crippen molar-refractivity contribution in [1.29, 1.82) is 0 Å². The molecule has 0 fully saturated rings. The van der Waals surface area contributed by atoms with E-state index in [2.05, 4.69) is 21.2 Å². The van der Waals surface area contributed by atoms with Crippen molar-refractivity contribution >= 4 is 27.8 Å². The van der Waals surface area contributed by atoms with Crippen molar-refractivity contribution in [3.8, 4) is 0 Å². The first-order chi connectivity index (χ1) is 9.58. The zero-order chi connectivity index (χ0) is 15.0. The van der Waals surface area contributed by atoms with Crippen LogP contribution in [0, 0.1) is 5.92 Å². The van der Waals surface area contributed by atoms with Crippen LogP contribution in [0.2, 0.25) is 0 Å². The van der Waals surface area contributed by atoms with Gasteiger partial charge in [0.1, 0.15) is 6.61 Å². The summed E-state index contributed by atoms with van der Waals surface area (Å²) in [6, 6.07) is 8.91. The van der Waals surface area contributed by atoms with Crippen molar-refractivity contribution in [1.82, 2.24) is 5.32 Å². The number of Topliss-reactive ketones (excluding diaryl/α,β-unsaturated/α-hetero) is 1. The van der Waals surface area contributed by atoms with Gasteiger partial charge in [-0.2, -0.15) is 0 Å². The van der Waals surface area contributed by atoms with Gasteiger partial charge in [0, 0.05) is 0 Å². The van der Waals surface area contributed by atoms with E-state index in [0.717, 1.165) is 12.0 Å². The number of ether oxygens (including phenoxy) is 1. The molecule has 110 valence electrons. The summed E-state index contributed by atoms with van der Waals surface area (Å²) in [5.41, 5.74) is 0.912. The molecule has 2 atom stereocenters. The van der Waals surface area contributed by atoms with E-state index in [1.54, 1.807) is 0 Å². The zero-order valence-corrected chi connectivity index (χ0v) is 13.4. The van der Waals surface area contributed by atoms with Gasteiger partial charge in [0.05, 0.1) is 11.4 Å². The largest absolute Gasteiger partial charge is 0.445 e. The highest BCUT2D eigenvalue weighted by Crippen LogP contribution is 2.10. The predicted molar refractivity (Wildman–Crippen MR) is 81.8 cm³/mol. The number of hydrogen-bond donors (Lipinski definition) is 1. The van der Waals surface area contributed by atoms with Crippen molar-refractivity contribution in [2.24, 2.45) is 5.92 Å². The topological polar surface area (TPSA) is 55.4 Å². The molecule has 1 N–H and O–H groups in total. The van der Waals surface area contributed by atoms with Crippen LogP contribution in [0.15, 0.2) is 30.3 Å². The molecular weight excluding hydrogens is 322 g/mol. The normalized spacial score (nSPS) is 13.3. The molecule has 0 heterocycles. The number of halogens is 1. The third-order valence-electron chi connectivity index (χ3n) is 3.18. The lowest BCUT2D eigenvalue weighted by molar-refractivity contribution is -0.119. The van der Waals surface area contributed by atoms with Crippen molar-refractivity contribution in [2.75, 3.05) is 5.33 Å². The number of nitrogens with one attached hydrogen (secondary N) is 1. The molecule has 20 heavy (non-hydrogen) atoms. The Morgan fingerprint density at radius 2 is 1.95 bits per heavy atom. The summed E-state index contributed by atoms with van der Waals surface area (Å²) >= 11 is 3.14. The van der Waals surface area contributed by atoms with Crippen LogP contribution < -0.4 is 5.32 Å². The number of amides is 1. The molecule has 5 heteroatoms. The summed E-state index contributed by atoms with van der Waals surface area (Å²) in [6.07, 6.45) is 0.246. The number of hydrogen-bond acceptors (Lipinski definition) is 3. The van der Waals surface area contributed by atoms with Crippen molar-refractivity contribution in [3.63, 3.8) is 0 Å². The molecule has 2 unspecified atom stereocenters. The number of ketones is 1. The highest BCUT2D eigenvalue weighted by Gasteiger charge is 2.25. The maximum absolute atomic E-state index is 11.8. The van der Waals surface area contributed by atoms with Gasteiger partial charge in [-0.1, -0.05) is 66.5 Å². The number of alkyl halides is 1. The van der Waals surface area contributed by atoms with Crippen LogP contribution in [0.25, 0.3) is 0 Å². The van der Waals surface area contributed by atoms with Crippen molar-refractivity contribution < 1.29 is 14.3 Å². The van der Waals surface area contributed by atoms with Gasteiger partial charge in [-0.05, 0) is 11.5 Å². The molecule has 0 aliphatic heterocycles. The minimum Gasteiger partial charge on any atom is -0.445 e. The van der Waals surface area contributed by atoms with E-state index in [4.69, 9.17) is 4.74 Å². The summed E-state index contributed by atoms with van der Waals surface area (Å²) in [4.78, 5) is 23.6. The molecule has 1 aromatic rings. The fraction of sp³-hybridized carbons (Fsp3) is 0.467. The van der Waals surface area contributed by atoms with Crippen LogP contribution in [0.5, 0.6) is 0 Å². The first-order valence-electron chi connectivity index (χ1n) is 6.64. The highest BCUT2D eigenvalue weighted by molar-refractivity contribution is 9.09. The van der Waals surface area contributed by atoms with Gasteiger partial charge < -0.3 is 10.1 Å². The van der Waals surface area contributed by atoms with Crippen LogP contribution in [0.1, 0.15) is 25.8 Å². The van der Waals surface area contributed by atoms with Crippen LogP contribution >= 0.6 is 15.9 Å². The van der Waals surface area contributed by atoms with Gasteiger partial charge in [0.15, 0.2) is 5.78 Å². The summed E-state index contributed by atoms with van der Waals surface area (Å²) in [7, 11) is 0. The van der Waals surface area contributed by atoms with Crippen LogP contribution in [0.3, 0.4) is 0 Å². The third kappa shape index (κ3) is 5.33. The molecule has 1 amide bonds. The fourth-order valence-corrected chi connectivity index (χ4v) is 2.10. The summed E-state index contributed by atoms with van der Waals surface area (Å²) in [6.45, 7) is 4.11. The maximum atomic E-state index is 11.8. The number of benzene rings is 1. The average molecular weight is 342 g/mol. The van der Waals surface area contributed by atoms with E-state index in [0.29, 0.717) is 0 Å². The van der Waals surface area contributed by atoms with E-state index in [1.165, 1.54) is 0 Å². The summed E-state index contributed by atoms with van der Waals surface area (Å²) < 4.78 is 5.13. The second-order valence-corrected chi connectivity index (χ2v) is 5.23. The van der Waals surface area contributed by atoms with Crippen molar-refractivity contribution in [2.45, 2.75) is 32.9 Å². The van der Waals surface area contributed by atoms with Crippen LogP contribution in [-0.4, -0.2) is 23.2 Å². The standard InChI is InChI=1S/C15H20BrNO3/c1-3-11(2)14(13(18)9-16)17-15(19)20-10-12-7-5-4-6-8-12/h4-8,11,14H,3,9-10H2,1-2H3,(H,17,19). The Hall–Kier alpha value is -1.36. The predicted octanol–water partition coefficient (Wildman–Crippen LogP) is 3.29. The van der Waals surface area contributed by atoms with Gasteiger partial charge >= 0.3 is 6.09 Å². The first kappa shape index (κ1) is 16.7. The maximum Gasteiger partial charge on any atom is 0.408 e. The highest BCUT2D eigenvalue weighted by atomic mass is 79.9. The van der Waals surface area contributed by atoms with E-state index in [-0.39, 0.29) is 23.6 Å². The van der Waals surface area contributed by atoms with E-state index in [1.807, 2.05) is 44.2 Å². The molecule has 0 aliphatic carbocycles. The number of carbonyl (C=O) groups is 2. The van der Waals surface area contributed by atoms with Gasteiger partial charge in [-0.15, -0.1) is 0 Å². The molecule has 0 saturated heterocycles. The number of alkyl carbamates (subject to hydrolysis) is 1. The van der Waals surface area contributed by atoms with Crippen molar-refractivity contribution in [3.05, 3.63) is 35.9 Å². The Morgan fingerprint density at radius 3 is 2.50 bits per heavy atom. The zero-order valence-electron chi connectivity index (χ0n) is 11.8. The average Bonchev–Trinajstić information content (AvgIpc) is 2.50. The molecule has 1 rings (SSSR count). The molecule has 0 saturated carbocycles. The molecule has 0 aliphatic rings. The second kappa shape index (κ2) is 8.74.